The highest BCUT2D eigenvalue weighted by molar-refractivity contribution is 6.31. The van der Waals surface area contributed by atoms with Crippen molar-refractivity contribution in [2.24, 2.45) is 7.05 Å². The summed E-state index contributed by atoms with van der Waals surface area (Å²) in [5.74, 6) is -0.219. The van der Waals surface area contributed by atoms with Gasteiger partial charge in [0.25, 0.3) is 0 Å². The molecular formula is C15H19ClFN3. The molecule has 0 aliphatic rings. The van der Waals surface area contributed by atoms with Gasteiger partial charge in [-0.05, 0) is 31.0 Å². The molecule has 2 aromatic rings. The first-order valence-corrected chi connectivity index (χ1v) is 7.09. The van der Waals surface area contributed by atoms with Gasteiger partial charge in [0.15, 0.2) is 0 Å². The standard InChI is InChI=1S/C15H19ClFN3/c1-4-13-15(16)14(20(3)19-13)9-18-10(2)11-5-7-12(17)8-6-11/h5-8,10,18H,4,9H2,1-3H3/t10-/m1/s1. The number of halogens is 2. The lowest BCUT2D eigenvalue weighted by Crippen LogP contribution is -2.20. The summed E-state index contributed by atoms with van der Waals surface area (Å²) in [4.78, 5) is 0. The molecule has 1 N–H and O–H groups in total. The summed E-state index contributed by atoms with van der Waals surface area (Å²) in [5, 5.41) is 8.50. The average Bonchev–Trinajstić information content (AvgIpc) is 2.71. The SMILES string of the molecule is CCc1nn(C)c(CN[C@H](C)c2ccc(F)cc2)c1Cl. The fourth-order valence-electron chi connectivity index (χ4n) is 2.13. The van der Waals surface area contributed by atoms with E-state index in [0.717, 1.165) is 28.4 Å². The Morgan fingerprint density at radius 1 is 1.35 bits per heavy atom. The van der Waals surface area contributed by atoms with E-state index < -0.39 is 0 Å². The molecular weight excluding hydrogens is 277 g/mol. The van der Waals surface area contributed by atoms with Crippen molar-refractivity contribution in [3.05, 3.63) is 52.1 Å². The first-order valence-electron chi connectivity index (χ1n) is 6.72. The summed E-state index contributed by atoms with van der Waals surface area (Å²) in [5.41, 5.74) is 2.93. The van der Waals surface area contributed by atoms with Gasteiger partial charge in [0, 0.05) is 19.6 Å². The van der Waals surface area contributed by atoms with E-state index in [0.29, 0.717) is 6.54 Å². The van der Waals surface area contributed by atoms with Crippen molar-refractivity contribution >= 4 is 11.6 Å². The summed E-state index contributed by atoms with van der Waals surface area (Å²) in [6.07, 6.45) is 0.820. The lowest BCUT2D eigenvalue weighted by atomic mass is 10.1. The molecule has 0 spiro atoms. The van der Waals surface area contributed by atoms with E-state index in [1.807, 2.05) is 25.6 Å². The van der Waals surface area contributed by atoms with E-state index in [9.17, 15) is 4.39 Å². The molecule has 1 aromatic carbocycles. The zero-order valence-electron chi connectivity index (χ0n) is 12.0. The minimum Gasteiger partial charge on any atom is -0.305 e. The molecule has 20 heavy (non-hydrogen) atoms. The smallest absolute Gasteiger partial charge is 0.123 e. The van der Waals surface area contributed by atoms with Gasteiger partial charge < -0.3 is 5.32 Å². The quantitative estimate of drug-likeness (QED) is 0.913. The third-order valence-electron chi connectivity index (χ3n) is 3.45. The molecule has 1 atom stereocenters. The van der Waals surface area contributed by atoms with Crippen LogP contribution >= 0.6 is 11.6 Å². The first kappa shape index (κ1) is 15.0. The van der Waals surface area contributed by atoms with Gasteiger partial charge in [0.05, 0.1) is 16.4 Å². The summed E-state index contributed by atoms with van der Waals surface area (Å²) in [7, 11) is 1.89. The minimum atomic E-state index is -0.219. The lowest BCUT2D eigenvalue weighted by Gasteiger charge is -2.14. The molecule has 0 saturated heterocycles. The lowest BCUT2D eigenvalue weighted by molar-refractivity contribution is 0.546. The van der Waals surface area contributed by atoms with Crippen LogP contribution in [0.1, 0.15) is 36.8 Å². The molecule has 0 unspecified atom stereocenters. The van der Waals surface area contributed by atoms with Crippen molar-refractivity contribution < 1.29 is 4.39 Å². The molecule has 2 rings (SSSR count). The van der Waals surface area contributed by atoms with Crippen molar-refractivity contribution in [3.63, 3.8) is 0 Å². The van der Waals surface area contributed by atoms with E-state index in [1.165, 1.54) is 12.1 Å². The van der Waals surface area contributed by atoms with Crippen molar-refractivity contribution in [3.8, 4) is 0 Å². The summed E-state index contributed by atoms with van der Waals surface area (Å²) >= 11 is 6.31. The Bertz CT molecular complexity index is 578. The zero-order chi connectivity index (χ0) is 14.7. The first-order chi connectivity index (χ1) is 9.52. The number of aryl methyl sites for hydroxylation is 2. The Kier molecular flexibility index (Phi) is 4.78. The average molecular weight is 296 g/mol. The topological polar surface area (TPSA) is 29.9 Å². The third-order valence-corrected chi connectivity index (χ3v) is 3.88. The van der Waals surface area contributed by atoms with E-state index in [-0.39, 0.29) is 11.9 Å². The maximum atomic E-state index is 12.9. The number of benzene rings is 1. The second-order valence-electron chi connectivity index (χ2n) is 4.84. The summed E-state index contributed by atoms with van der Waals surface area (Å²) < 4.78 is 14.7. The Labute approximate surface area is 123 Å². The van der Waals surface area contributed by atoms with Crippen LogP contribution in [0.3, 0.4) is 0 Å². The van der Waals surface area contributed by atoms with Crippen LogP contribution in [0.25, 0.3) is 0 Å². The van der Waals surface area contributed by atoms with Gasteiger partial charge in [-0.15, -0.1) is 0 Å². The van der Waals surface area contributed by atoms with Gasteiger partial charge in [0.1, 0.15) is 5.82 Å². The van der Waals surface area contributed by atoms with Gasteiger partial charge in [-0.25, -0.2) is 4.39 Å². The number of nitrogens with zero attached hydrogens (tertiary/aromatic N) is 2. The molecule has 0 saturated carbocycles. The highest BCUT2D eigenvalue weighted by Gasteiger charge is 2.14. The molecule has 0 fully saturated rings. The highest BCUT2D eigenvalue weighted by atomic mass is 35.5. The monoisotopic (exact) mass is 295 g/mol. The van der Waals surface area contributed by atoms with E-state index in [4.69, 9.17) is 11.6 Å². The van der Waals surface area contributed by atoms with Crippen molar-refractivity contribution in [2.75, 3.05) is 0 Å². The fraction of sp³-hybridized carbons (Fsp3) is 0.400. The predicted molar refractivity (Wildman–Crippen MR) is 79.3 cm³/mol. The van der Waals surface area contributed by atoms with Crippen LogP contribution in [-0.2, 0) is 20.0 Å². The van der Waals surface area contributed by atoms with Crippen LogP contribution in [0.5, 0.6) is 0 Å². The Morgan fingerprint density at radius 2 is 2.00 bits per heavy atom. The van der Waals surface area contributed by atoms with Crippen molar-refractivity contribution in [2.45, 2.75) is 32.9 Å². The second-order valence-corrected chi connectivity index (χ2v) is 5.22. The van der Waals surface area contributed by atoms with Crippen LogP contribution in [0, 0.1) is 5.82 Å². The predicted octanol–water partition coefficient (Wildman–Crippen LogP) is 3.63. The zero-order valence-corrected chi connectivity index (χ0v) is 12.7. The summed E-state index contributed by atoms with van der Waals surface area (Å²) in [6, 6.07) is 6.64. The van der Waals surface area contributed by atoms with Gasteiger partial charge in [0.2, 0.25) is 0 Å². The van der Waals surface area contributed by atoms with E-state index >= 15 is 0 Å². The Balaban J connectivity index is 2.05. The number of nitrogens with one attached hydrogen (secondary N) is 1. The molecule has 1 heterocycles. The molecule has 0 radical (unpaired) electrons. The number of aromatic nitrogens is 2. The molecule has 5 heteroatoms. The fourth-order valence-corrected chi connectivity index (χ4v) is 2.49. The van der Waals surface area contributed by atoms with Gasteiger partial charge >= 0.3 is 0 Å². The second kappa shape index (κ2) is 6.37. The number of hydrogen-bond donors (Lipinski definition) is 1. The summed E-state index contributed by atoms with van der Waals surface area (Å²) in [6.45, 7) is 4.70. The molecule has 108 valence electrons. The van der Waals surface area contributed by atoms with Crippen LogP contribution < -0.4 is 5.32 Å². The third kappa shape index (κ3) is 3.19. The molecule has 0 aliphatic carbocycles. The van der Waals surface area contributed by atoms with Crippen molar-refractivity contribution in [1.82, 2.24) is 15.1 Å². The highest BCUT2D eigenvalue weighted by Crippen LogP contribution is 2.22. The van der Waals surface area contributed by atoms with E-state index in [1.54, 1.807) is 12.1 Å². The molecule has 0 amide bonds. The molecule has 1 aromatic heterocycles. The normalized spacial score (nSPS) is 12.7. The van der Waals surface area contributed by atoms with Crippen LogP contribution in [-0.4, -0.2) is 9.78 Å². The maximum Gasteiger partial charge on any atom is 0.123 e. The van der Waals surface area contributed by atoms with Gasteiger partial charge in [-0.3, -0.25) is 4.68 Å². The molecule has 3 nitrogen and oxygen atoms in total. The van der Waals surface area contributed by atoms with Crippen LogP contribution in [0.2, 0.25) is 5.02 Å². The minimum absolute atomic E-state index is 0.117. The van der Waals surface area contributed by atoms with Gasteiger partial charge in [-0.2, -0.15) is 5.10 Å². The largest absolute Gasteiger partial charge is 0.305 e. The Morgan fingerprint density at radius 3 is 2.55 bits per heavy atom. The maximum absolute atomic E-state index is 12.9. The van der Waals surface area contributed by atoms with E-state index in [2.05, 4.69) is 10.4 Å². The number of hydrogen-bond acceptors (Lipinski definition) is 2. The van der Waals surface area contributed by atoms with Crippen LogP contribution in [0.15, 0.2) is 24.3 Å². The number of rotatable bonds is 5. The molecule has 0 aliphatic heterocycles. The van der Waals surface area contributed by atoms with Crippen molar-refractivity contribution in [1.29, 1.82) is 0 Å². The van der Waals surface area contributed by atoms with Crippen LogP contribution in [0.4, 0.5) is 4.39 Å². The Hall–Kier alpha value is -1.39. The molecule has 0 bridgehead atoms. The van der Waals surface area contributed by atoms with Gasteiger partial charge in [-0.1, -0.05) is 30.7 Å².